The molecule has 0 radical (unpaired) electrons. The third-order valence-electron chi connectivity index (χ3n) is 8.96. The third-order valence-corrected chi connectivity index (χ3v) is 9.07. The number of ether oxygens (including phenoxy) is 1. The highest BCUT2D eigenvalue weighted by molar-refractivity contribution is 6.61. The second kappa shape index (κ2) is 6.96. The van der Waals surface area contributed by atoms with Crippen molar-refractivity contribution in [3.8, 4) is 0 Å². The molecule has 8 heteroatoms. The molecule has 3 fully saturated rings. The molecule has 31 heavy (non-hydrogen) atoms. The summed E-state index contributed by atoms with van der Waals surface area (Å²) in [7, 11) is 0. The van der Waals surface area contributed by atoms with Gasteiger partial charge < -0.3 is 14.9 Å². The highest BCUT2D eigenvalue weighted by Crippen LogP contribution is 2.70. The predicted molar refractivity (Wildman–Crippen MR) is 110 cm³/mol. The Hall–Kier alpha value is -1.57. The van der Waals surface area contributed by atoms with E-state index in [-0.39, 0.29) is 18.1 Å². The molecule has 4 aliphatic rings. The molecular weight excluding hydrogens is 427 g/mol. The average Bonchev–Trinajstić information content (AvgIpc) is 2.89. The summed E-state index contributed by atoms with van der Waals surface area (Å²) in [6.07, 6.45) is 4.12. The zero-order valence-corrected chi connectivity index (χ0v) is 18.6. The number of halogens is 2. The van der Waals surface area contributed by atoms with Crippen LogP contribution in [0.15, 0.2) is 23.8 Å². The SMILES string of the molecule is C[C@@H]1C[C@H]2[C@@H]3CCC4=CC(=O)C=C[C@]4(C)[C@@]3(F)[C@@H](O)C[C@]2(C)[C@@]1(O)C(=O)COC(=O)Cl. The van der Waals surface area contributed by atoms with Crippen molar-refractivity contribution in [2.45, 2.75) is 63.8 Å². The minimum Gasteiger partial charge on any atom is -0.446 e. The van der Waals surface area contributed by atoms with Crippen molar-refractivity contribution >= 4 is 28.6 Å². The maximum atomic E-state index is 17.0. The van der Waals surface area contributed by atoms with Crippen LogP contribution in [0.3, 0.4) is 0 Å². The Kier molecular flexibility index (Phi) is 5.08. The minimum atomic E-state index is -2.03. The van der Waals surface area contributed by atoms with E-state index < -0.39 is 57.9 Å². The highest BCUT2D eigenvalue weighted by atomic mass is 35.5. The first kappa shape index (κ1) is 22.6. The maximum absolute atomic E-state index is 17.0. The Bertz CT molecular complexity index is 916. The van der Waals surface area contributed by atoms with E-state index in [0.29, 0.717) is 24.8 Å². The second-order valence-corrected chi connectivity index (χ2v) is 10.4. The topological polar surface area (TPSA) is 101 Å². The van der Waals surface area contributed by atoms with Crippen LogP contribution >= 0.6 is 11.6 Å². The van der Waals surface area contributed by atoms with Gasteiger partial charge in [-0.3, -0.25) is 9.59 Å². The smallest absolute Gasteiger partial charge is 0.404 e. The number of carbonyl (C=O) groups is 3. The van der Waals surface area contributed by atoms with Crippen LogP contribution in [0.4, 0.5) is 9.18 Å². The fourth-order valence-electron chi connectivity index (χ4n) is 7.37. The van der Waals surface area contributed by atoms with Crippen molar-refractivity contribution in [1.82, 2.24) is 0 Å². The largest absolute Gasteiger partial charge is 0.446 e. The van der Waals surface area contributed by atoms with Gasteiger partial charge in [0, 0.05) is 28.3 Å². The van der Waals surface area contributed by atoms with Crippen molar-refractivity contribution in [2.75, 3.05) is 6.61 Å². The number of ketones is 2. The number of aliphatic hydroxyl groups excluding tert-OH is 1. The second-order valence-electron chi connectivity index (χ2n) is 10.1. The van der Waals surface area contributed by atoms with Gasteiger partial charge in [-0.1, -0.05) is 25.5 Å². The Morgan fingerprint density at radius 1 is 1.32 bits per heavy atom. The number of aliphatic hydroxyl groups is 2. The van der Waals surface area contributed by atoms with Crippen LogP contribution in [-0.4, -0.2) is 51.2 Å². The fraction of sp³-hybridized carbons (Fsp3) is 0.696. The van der Waals surface area contributed by atoms with E-state index in [4.69, 9.17) is 11.6 Å². The lowest BCUT2D eigenvalue weighted by Crippen LogP contribution is -2.69. The van der Waals surface area contributed by atoms with Gasteiger partial charge in [0.05, 0.1) is 6.10 Å². The molecule has 0 aromatic rings. The van der Waals surface area contributed by atoms with E-state index >= 15 is 4.39 Å². The van der Waals surface area contributed by atoms with Crippen LogP contribution in [-0.2, 0) is 14.3 Å². The van der Waals surface area contributed by atoms with E-state index in [9.17, 15) is 24.6 Å². The molecule has 0 amide bonds. The number of alkyl halides is 1. The van der Waals surface area contributed by atoms with Crippen molar-refractivity contribution in [1.29, 1.82) is 0 Å². The molecule has 4 aliphatic carbocycles. The van der Waals surface area contributed by atoms with Crippen molar-refractivity contribution < 1.29 is 33.7 Å². The van der Waals surface area contributed by atoms with Crippen LogP contribution in [0.2, 0.25) is 0 Å². The number of hydrogen-bond donors (Lipinski definition) is 2. The van der Waals surface area contributed by atoms with Gasteiger partial charge in [0.25, 0.3) is 0 Å². The summed E-state index contributed by atoms with van der Waals surface area (Å²) in [6.45, 7) is 4.49. The third kappa shape index (κ3) is 2.72. The number of allylic oxidation sites excluding steroid dienone is 4. The van der Waals surface area contributed by atoms with Gasteiger partial charge in [-0.15, -0.1) is 0 Å². The number of Topliss-reactive ketones (excluding diaryl/α,β-unsaturated/α-hetero) is 1. The standard InChI is InChI=1S/C23H28ClFO6/c1-12-8-16-15-5-4-13-9-14(26)6-7-20(13,2)22(15,25)17(27)10-21(16,3)23(12,30)18(28)11-31-19(24)29/h6-7,9,12,15-17,27,30H,4-5,8,10-11H2,1-3H3/t12-,15+,16+,17+,20+,21+,22+,23+/m1/s1. The first-order valence-electron chi connectivity index (χ1n) is 10.7. The van der Waals surface area contributed by atoms with Crippen LogP contribution in [0, 0.1) is 28.6 Å². The summed E-state index contributed by atoms with van der Waals surface area (Å²) in [4.78, 5) is 35.9. The first-order valence-corrected chi connectivity index (χ1v) is 11.1. The molecule has 6 nitrogen and oxygen atoms in total. The van der Waals surface area contributed by atoms with Gasteiger partial charge in [0.2, 0.25) is 5.78 Å². The zero-order valence-electron chi connectivity index (χ0n) is 17.9. The predicted octanol–water partition coefficient (Wildman–Crippen LogP) is 3.28. The Morgan fingerprint density at radius 2 is 2.00 bits per heavy atom. The summed E-state index contributed by atoms with van der Waals surface area (Å²) in [5, 5.41) is 22.8. The van der Waals surface area contributed by atoms with Gasteiger partial charge in [0.1, 0.15) is 5.60 Å². The van der Waals surface area contributed by atoms with E-state index in [2.05, 4.69) is 4.74 Å². The summed E-state index contributed by atoms with van der Waals surface area (Å²) in [5.41, 5.74) is -6.63. The van der Waals surface area contributed by atoms with E-state index in [0.717, 1.165) is 0 Å². The number of carbonyl (C=O) groups excluding carboxylic acids is 3. The van der Waals surface area contributed by atoms with Gasteiger partial charge in [-0.25, -0.2) is 9.18 Å². The fourth-order valence-corrected chi connectivity index (χ4v) is 7.43. The quantitative estimate of drug-likeness (QED) is 0.635. The number of hydrogen-bond acceptors (Lipinski definition) is 6. The monoisotopic (exact) mass is 454 g/mol. The molecule has 0 spiro atoms. The van der Waals surface area contributed by atoms with Crippen LogP contribution < -0.4 is 0 Å². The van der Waals surface area contributed by atoms with Crippen molar-refractivity contribution in [3.63, 3.8) is 0 Å². The molecule has 0 aliphatic heterocycles. The Morgan fingerprint density at radius 3 is 2.65 bits per heavy atom. The first-order chi connectivity index (χ1) is 14.3. The molecule has 0 unspecified atom stereocenters. The normalized spacial score (nSPS) is 48.4. The van der Waals surface area contributed by atoms with Gasteiger partial charge in [-0.2, -0.15) is 0 Å². The van der Waals surface area contributed by atoms with Crippen molar-refractivity contribution in [2.24, 2.45) is 28.6 Å². The molecule has 170 valence electrons. The molecule has 0 heterocycles. The van der Waals surface area contributed by atoms with Crippen LogP contribution in [0.25, 0.3) is 0 Å². The summed E-state index contributed by atoms with van der Waals surface area (Å²) >= 11 is 5.19. The molecule has 0 aromatic heterocycles. The Balaban J connectivity index is 1.76. The van der Waals surface area contributed by atoms with Crippen LogP contribution in [0.1, 0.15) is 46.5 Å². The minimum absolute atomic E-state index is 0.128. The number of fused-ring (bicyclic) bond motifs is 5. The van der Waals surface area contributed by atoms with Crippen LogP contribution in [0.5, 0.6) is 0 Å². The molecule has 0 saturated heterocycles. The summed E-state index contributed by atoms with van der Waals surface area (Å²) in [6, 6.07) is 0. The lowest BCUT2D eigenvalue weighted by atomic mass is 9.44. The van der Waals surface area contributed by atoms with E-state index in [1.54, 1.807) is 26.8 Å². The summed E-state index contributed by atoms with van der Waals surface area (Å²) < 4.78 is 21.6. The molecule has 0 aromatic carbocycles. The number of rotatable bonds is 3. The molecule has 4 rings (SSSR count). The lowest BCUT2D eigenvalue weighted by molar-refractivity contribution is -0.219. The summed E-state index contributed by atoms with van der Waals surface area (Å²) in [5.74, 6) is -2.38. The van der Waals surface area contributed by atoms with E-state index in [1.165, 1.54) is 12.2 Å². The van der Waals surface area contributed by atoms with Crippen molar-refractivity contribution in [3.05, 3.63) is 23.8 Å². The molecule has 0 bridgehead atoms. The van der Waals surface area contributed by atoms with E-state index in [1.807, 2.05) is 0 Å². The highest BCUT2D eigenvalue weighted by Gasteiger charge is 2.75. The molecule has 3 saturated carbocycles. The van der Waals surface area contributed by atoms with Gasteiger partial charge in [-0.05, 0) is 56.6 Å². The lowest BCUT2D eigenvalue weighted by Gasteiger charge is -2.62. The average molecular weight is 455 g/mol. The van der Waals surface area contributed by atoms with Gasteiger partial charge in [0.15, 0.2) is 18.1 Å². The maximum Gasteiger partial charge on any atom is 0.404 e. The molecule has 2 N–H and O–H groups in total. The zero-order chi connectivity index (χ0) is 23.0. The van der Waals surface area contributed by atoms with Gasteiger partial charge >= 0.3 is 5.43 Å². The Labute approximate surface area is 185 Å². The molecular formula is C23H28ClFO6. The molecule has 8 atom stereocenters.